The third-order valence-corrected chi connectivity index (χ3v) is 4.53. The van der Waals surface area contributed by atoms with Gasteiger partial charge in [-0.05, 0) is 18.4 Å². The fourth-order valence-corrected chi connectivity index (χ4v) is 3.17. The summed E-state index contributed by atoms with van der Waals surface area (Å²) in [6.07, 6.45) is 5.91. The predicted molar refractivity (Wildman–Crippen MR) is 96.3 cm³/mol. The number of benzene rings is 1. The smallest absolute Gasteiger partial charge is 0.272 e. The van der Waals surface area contributed by atoms with Gasteiger partial charge in [0.25, 0.3) is 5.91 Å². The molecule has 1 aromatic heterocycles. The molecule has 2 N–H and O–H groups in total. The second-order valence-electron chi connectivity index (χ2n) is 6.56. The molecule has 1 aliphatic carbocycles. The van der Waals surface area contributed by atoms with Crippen molar-refractivity contribution >= 4 is 17.6 Å². The molecule has 2 aromatic rings. The molecule has 1 aliphatic rings. The summed E-state index contributed by atoms with van der Waals surface area (Å²) in [6.45, 7) is 0. The van der Waals surface area contributed by atoms with Crippen LogP contribution < -0.4 is 10.6 Å². The fraction of sp³-hybridized carbons (Fsp3) is 0.421. The third-order valence-electron chi connectivity index (χ3n) is 4.53. The molecule has 3 rings (SSSR count). The summed E-state index contributed by atoms with van der Waals surface area (Å²) in [5, 5.41) is 10.1. The first-order valence-corrected chi connectivity index (χ1v) is 8.80. The van der Waals surface area contributed by atoms with Crippen LogP contribution in [0.4, 0.5) is 5.82 Å². The number of hydrogen-bond donors (Lipinski definition) is 2. The van der Waals surface area contributed by atoms with E-state index in [-0.39, 0.29) is 24.3 Å². The molecule has 0 saturated heterocycles. The Kier molecular flexibility index (Phi) is 5.48. The second-order valence-corrected chi connectivity index (χ2v) is 6.56. The highest BCUT2D eigenvalue weighted by molar-refractivity contribution is 5.96. The molecule has 0 unspecified atom stereocenters. The Morgan fingerprint density at radius 1 is 1.16 bits per heavy atom. The molecule has 0 spiro atoms. The van der Waals surface area contributed by atoms with Crippen LogP contribution in [0.1, 0.15) is 48.2 Å². The maximum absolute atomic E-state index is 12.4. The van der Waals surface area contributed by atoms with Crippen LogP contribution in [0.25, 0.3) is 0 Å². The number of nitrogens with zero attached hydrogens (tertiary/aromatic N) is 2. The fourth-order valence-electron chi connectivity index (χ4n) is 3.17. The van der Waals surface area contributed by atoms with Crippen LogP contribution >= 0.6 is 0 Å². The topological polar surface area (TPSA) is 76.0 Å². The number of amides is 2. The number of nitrogens with one attached hydrogen (secondary N) is 2. The standard InChI is InChI=1S/C19H24N4O2/c1-23-17(21-18(24)12-14-8-4-2-5-9-14)13-16(22-23)19(25)20-15-10-6-3-7-11-15/h2,4-5,8-9,13,15H,3,6-7,10-12H2,1H3,(H,20,25)(H,21,24). The van der Waals surface area contributed by atoms with E-state index in [0.717, 1.165) is 31.2 Å². The minimum Gasteiger partial charge on any atom is -0.348 e. The van der Waals surface area contributed by atoms with Gasteiger partial charge in [0.1, 0.15) is 5.82 Å². The molecule has 132 valence electrons. The quantitative estimate of drug-likeness (QED) is 0.878. The zero-order valence-corrected chi connectivity index (χ0v) is 14.5. The lowest BCUT2D eigenvalue weighted by molar-refractivity contribution is -0.115. The highest BCUT2D eigenvalue weighted by atomic mass is 16.2. The highest BCUT2D eigenvalue weighted by Gasteiger charge is 2.19. The van der Waals surface area contributed by atoms with Crippen LogP contribution in [0, 0.1) is 0 Å². The van der Waals surface area contributed by atoms with E-state index in [4.69, 9.17) is 0 Å². The Bertz CT molecular complexity index is 733. The van der Waals surface area contributed by atoms with E-state index in [9.17, 15) is 9.59 Å². The Labute approximate surface area is 147 Å². The van der Waals surface area contributed by atoms with E-state index in [1.54, 1.807) is 13.1 Å². The summed E-state index contributed by atoms with van der Waals surface area (Å²) in [7, 11) is 1.72. The molecule has 2 amide bonds. The number of aromatic nitrogens is 2. The van der Waals surface area contributed by atoms with Gasteiger partial charge in [0.15, 0.2) is 5.69 Å². The van der Waals surface area contributed by atoms with Gasteiger partial charge in [-0.1, -0.05) is 49.6 Å². The van der Waals surface area contributed by atoms with Crippen molar-refractivity contribution in [1.29, 1.82) is 0 Å². The maximum atomic E-state index is 12.4. The second kappa shape index (κ2) is 7.96. The number of carbonyl (C=O) groups excluding carboxylic acids is 2. The highest BCUT2D eigenvalue weighted by Crippen LogP contribution is 2.18. The average molecular weight is 340 g/mol. The molecular weight excluding hydrogens is 316 g/mol. The van der Waals surface area contributed by atoms with Crippen molar-refractivity contribution in [3.63, 3.8) is 0 Å². The SMILES string of the molecule is Cn1nc(C(=O)NC2CCCCC2)cc1NC(=O)Cc1ccccc1. The molecule has 0 radical (unpaired) electrons. The van der Waals surface area contributed by atoms with Crippen molar-refractivity contribution in [3.8, 4) is 0 Å². The van der Waals surface area contributed by atoms with Crippen LogP contribution in [0.3, 0.4) is 0 Å². The van der Waals surface area contributed by atoms with Crippen LogP contribution in [0.2, 0.25) is 0 Å². The van der Waals surface area contributed by atoms with Crippen molar-refractivity contribution in [1.82, 2.24) is 15.1 Å². The van der Waals surface area contributed by atoms with Crippen molar-refractivity contribution in [3.05, 3.63) is 47.7 Å². The third kappa shape index (κ3) is 4.68. The van der Waals surface area contributed by atoms with Gasteiger partial charge >= 0.3 is 0 Å². The Morgan fingerprint density at radius 2 is 1.88 bits per heavy atom. The average Bonchev–Trinajstić information content (AvgIpc) is 2.97. The lowest BCUT2D eigenvalue weighted by atomic mass is 9.95. The van der Waals surface area contributed by atoms with Crippen molar-refractivity contribution in [2.45, 2.75) is 44.6 Å². The van der Waals surface area contributed by atoms with Crippen LogP contribution in [-0.4, -0.2) is 27.6 Å². The lowest BCUT2D eigenvalue weighted by Crippen LogP contribution is -2.36. The minimum atomic E-state index is -0.175. The zero-order valence-electron chi connectivity index (χ0n) is 14.5. The van der Waals surface area contributed by atoms with Gasteiger partial charge in [-0.25, -0.2) is 0 Å². The Balaban J connectivity index is 1.59. The van der Waals surface area contributed by atoms with Gasteiger partial charge in [0.2, 0.25) is 5.91 Å². The molecular formula is C19H24N4O2. The zero-order chi connectivity index (χ0) is 17.6. The van der Waals surface area contributed by atoms with Gasteiger partial charge in [-0.3, -0.25) is 14.3 Å². The predicted octanol–water partition coefficient (Wildman–Crippen LogP) is 2.66. The largest absolute Gasteiger partial charge is 0.348 e. The molecule has 1 fully saturated rings. The van der Waals surface area contributed by atoms with Gasteiger partial charge < -0.3 is 10.6 Å². The molecule has 0 atom stereocenters. The van der Waals surface area contributed by atoms with Gasteiger partial charge in [-0.15, -0.1) is 0 Å². The van der Waals surface area contributed by atoms with E-state index in [0.29, 0.717) is 11.5 Å². The molecule has 1 aromatic carbocycles. The van der Waals surface area contributed by atoms with E-state index in [1.165, 1.54) is 11.1 Å². The molecule has 6 nitrogen and oxygen atoms in total. The summed E-state index contributed by atoms with van der Waals surface area (Å²) in [6, 6.07) is 11.4. The van der Waals surface area contributed by atoms with E-state index < -0.39 is 0 Å². The first-order chi connectivity index (χ1) is 12.1. The first-order valence-electron chi connectivity index (χ1n) is 8.80. The van der Waals surface area contributed by atoms with Crippen LogP contribution in [0.15, 0.2) is 36.4 Å². The normalized spacial score (nSPS) is 14.9. The van der Waals surface area contributed by atoms with Gasteiger partial charge in [-0.2, -0.15) is 5.10 Å². The molecule has 25 heavy (non-hydrogen) atoms. The summed E-state index contributed by atoms with van der Waals surface area (Å²) in [4.78, 5) is 24.5. The molecule has 1 saturated carbocycles. The summed E-state index contributed by atoms with van der Waals surface area (Å²) < 4.78 is 1.53. The summed E-state index contributed by atoms with van der Waals surface area (Å²) in [5.74, 6) is 0.217. The molecule has 6 heteroatoms. The van der Waals surface area contributed by atoms with Gasteiger partial charge in [0.05, 0.1) is 6.42 Å². The maximum Gasteiger partial charge on any atom is 0.272 e. The van der Waals surface area contributed by atoms with Crippen LogP contribution in [0.5, 0.6) is 0 Å². The van der Waals surface area contributed by atoms with E-state index >= 15 is 0 Å². The minimum absolute atomic E-state index is 0.131. The number of aryl methyl sites for hydroxylation is 1. The number of rotatable bonds is 5. The summed E-state index contributed by atoms with van der Waals surface area (Å²) in [5.41, 5.74) is 1.28. The van der Waals surface area contributed by atoms with Crippen molar-refractivity contribution < 1.29 is 9.59 Å². The summed E-state index contributed by atoms with van der Waals surface area (Å²) >= 11 is 0. The van der Waals surface area contributed by atoms with E-state index in [1.807, 2.05) is 30.3 Å². The number of anilines is 1. The van der Waals surface area contributed by atoms with Crippen molar-refractivity contribution in [2.24, 2.45) is 7.05 Å². The molecule has 1 heterocycles. The lowest BCUT2D eigenvalue weighted by Gasteiger charge is -2.22. The first kappa shape index (κ1) is 17.2. The number of hydrogen-bond acceptors (Lipinski definition) is 3. The van der Waals surface area contributed by atoms with Gasteiger partial charge in [0, 0.05) is 19.2 Å². The number of carbonyl (C=O) groups is 2. The Morgan fingerprint density at radius 3 is 2.60 bits per heavy atom. The molecule has 0 bridgehead atoms. The van der Waals surface area contributed by atoms with Crippen LogP contribution in [-0.2, 0) is 18.3 Å². The molecule has 0 aliphatic heterocycles. The monoisotopic (exact) mass is 340 g/mol. The Hall–Kier alpha value is -2.63. The van der Waals surface area contributed by atoms with Crippen molar-refractivity contribution in [2.75, 3.05) is 5.32 Å². The van der Waals surface area contributed by atoms with E-state index in [2.05, 4.69) is 15.7 Å².